The summed E-state index contributed by atoms with van der Waals surface area (Å²) >= 11 is 3.69. The summed E-state index contributed by atoms with van der Waals surface area (Å²) in [5, 5.41) is 10.9. The van der Waals surface area contributed by atoms with E-state index in [-0.39, 0.29) is 0 Å². The van der Waals surface area contributed by atoms with Gasteiger partial charge in [-0.2, -0.15) is 0 Å². The summed E-state index contributed by atoms with van der Waals surface area (Å²) in [4.78, 5) is 1.52. The van der Waals surface area contributed by atoms with Gasteiger partial charge in [0.05, 0.1) is 0 Å². The molecule has 16 heavy (non-hydrogen) atoms. The molecule has 1 nitrogen and oxygen atoms in total. The van der Waals surface area contributed by atoms with Crippen molar-refractivity contribution in [2.45, 2.75) is 51.4 Å². The van der Waals surface area contributed by atoms with Gasteiger partial charge >= 0.3 is 0 Å². The fourth-order valence-corrected chi connectivity index (χ4v) is 3.04. The Morgan fingerprint density at radius 1 is 0.938 bits per heavy atom. The quantitative estimate of drug-likeness (QED) is 0.547. The molecule has 0 fully saturated rings. The summed E-state index contributed by atoms with van der Waals surface area (Å²) in [5.74, 6) is 0. The average molecular weight is 262 g/mol. The summed E-state index contributed by atoms with van der Waals surface area (Å²) < 4.78 is 0. The van der Waals surface area contributed by atoms with E-state index in [1.54, 1.807) is 11.8 Å². The highest BCUT2D eigenvalue weighted by Gasteiger charge is 1.96. The molecule has 0 aliphatic heterocycles. The SMILES string of the molecule is CS/C=C(/CCCCCCCCCO)SC. The molecule has 3 heteroatoms. The zero-order valence-electron chi connectivity index (χ0n) is 10.7. The van der Waals surface area contributed by atoms with Crippen LogP contribution in [0, 0.1) is 0 Å². The lowest BCUT2D eigenvalue weighted by molar-refractivity contribution is 0.282. The van der Waals surface area contributed by atoms with Crippen molar-refractivity contribution in [2.24, 2.45) is 0 Å². The van der Waals surface area contributed by atoms with Gasteiger partial charge in [0.25, 0.3) is 0 Å². The summed E-state index contributed by atoms with van der Waals surface area (Å²) in [7, 11) is 0. The van der Waals surface area contributed by atoms with Crippen LogP contribution in [-0.4, -0.2) is 24.2 Å². The molecular weight excluding hydrogens is 236 g/mol. The normalized spacial score (nSPS) is 12.1. The first-order valence-corrected chi connectivity index (χ1v) is 8.73. The van der Waals surface area contributed by atoms with Crippen LogP contribution in [0.1, 0.15) is 51.4 Å². The Kier molecular flexibility index (Phi) is 13.8. The van der Waals surface area contributed by atoms with Crippen LogP contribution in [0.25, 0.3) is 0 Å². The van der Waals surface area contributed by atoms with E-state index >= 15 is 0 Å². The number of allylic oxidation sites excluding steroid dienone is 1. The van der Waals surface area contributed by atoms with Crippen LogP contribution in [0.4, 0.5) is 0 Å². The van der Waals surface area contributed by atoms with Crippen LogP contribution < -0.4 is 0 Å². The first kappa shape index (κ1) is 16.4. The van der Waals surface area contributed by atoms with Crippen molar-refractivity contribution in [3.05, 3.63) is 10.3 Å². The molecule has 0 rings (SSSR count). The van der Waals surface area contributed by atoms with Crippen LogP contribution in [0.3, 0.4) is 0 Å². The molecule has 0 aromatic carbocycles. The Morgan fingerprint density at radius 3 is 2.00 bits per heavy atom. The smallest absolute Gasteiger partial charge is 0.0431 e. The van der Waals surface area contributed by atoms with Gasteiger partial charge in [0.15, 0.2) is 0 Å². The molecule has 0 bridgehead atoms. The van der Waals surface area contributed by atoms with Crippen molar-refractivity contribution in [3.8, 4) is 0 Å². The summed E-state index contributed by atoms with van der Waals surface area (Å²) in [6, 6.07) is 0. The van der Waals surface area contributed by atoms with Crippen molar-refractivity contribution in [2.75, 3.05) is 19.1 Å². The van der Waals surface area contributed by atoms with E-state index in [2.05, 4.69) is 17.9 Å². The Morgan fingerprint density at radius 2 is 1.50 bits per heavy atom. The lowest BCUT2D eigenvalue weighted by atomic mass is 10.1. The van der Waals surface area contributed by atoms with E-state index in [0.29, 0.717) is 6.61 Å². The Balaban J connectivity index is 3.22. The highest BCUT2D eigenvalue weighted by atomic mass is 32.2. The second-order valence-corrected chi connectivity index (χ2v) is 5.61. The summed E-state index contributed by atoms with van der Waals surface area (Å²) in [6.07, 6.45) is 14.4. The van der Waals surface area contributed by atoms with Gasteiger partial charge in [0.2, 0.25) is 0 Å². The molecule has 0 aromatic rings. The van der Waals surface area contributed by atoms with Crippen molar-refractivity contribution in [3.63, 3.8) is 0 Å². The molecule has 0 saturated carbocycles. The van der Waals surface area contributed by atoms with E-state index in [1.165, 1.54) is 49.9 Å². The van der Waals surface area contributed by atoms with E-state index in [1.807, 2.05) is 11.8 Å². The van der Waals surface area contributed by atoms with E-state index < -0.39 is 0 Å². The monoisotopic (exact) mass is 262 g/mol. The van der Waals surface area contributed by atoms with Gasteiger partial charge in [0, 0.05) is 6.61 Å². The van der Waals surface area contributed by atoms with Gasteiger partial charge in [-0.05, 0) is 42.1 Å². The third-order valence-corrected chi connectivity index (χ3v) is 4.11. The lowest BCUT2D eigenvalue weighted by Crippen LogP contribution is -1.84. The predicted molar refractivity (Wildman–Crippen MR) is 79.1 cm³/mol. The molecule has 0 amide bonds. The Bertz CT molecular complexity index is 169. The molecule has 0 saturated heterocycles. The number of hydrogen-bond donors (Lipinski definition) is 1. The van der Waals surface area contributed by atoms with Crippen LogP contribution in [0.2, 0.25) is 0 Å². The van der Waals surface area contributed by atoms with Crippen molar-refractivity contribution in [1.29, 1.82) is 0 Å². The molecule has 0 aliphatic rings. The first-order valence-electron chi connectivity index (χ1n) is 6.21. The minimum absolute atomic E-state index is 0.358. The maximum Gasteiger partial charge on any atom is 0.0431 e. The van der Waals surface area contributed by atoms with Gasteiger partial charge in [0.1, 0.15) is 0 Å². The number of thioether (sulfide) groups is 2. The lowest BCUT2D eigenvalue weighted by Gasteiger charge is -2.04. The molecular formula is C13H26OS2. The van der Waals surface area contributed by atoms with Gasteiger partial charge < -0.3 is 5.11 Å². The second-order valence-electron chi connectivity index (χ2n) is 3.97. The van der Waals surface area contributed by atoms with Crippen molar-refractivity contribution < 1.29 is 5.11 Å². The van der Waals surface area contributed by atoms with Gasteiger partial charge in [-0.1, -0.05) is 32.1 Å². The molecule has 1 N–H and O–H groups in total. The maximum absolute atomic E-state index is 8.64. The zero-order valence-corrected chi connectivity index (χ0v) is 12.3. The van der Waals surface area contributed by atoms with Crippen LogP contribution >= 0.6 is 23.5 Å². The zero-order chi connectivity index (χ0) is 12.1. The molecule has 0 aliphatic carbocycles. The van der Waals surface area contributed by atoms with Gasteiger partial charge in [-0.25, -0.2) is 0 Å². The summed E-state index contributed by atoms with van der Waals surface area (Å²) in [6.45, 7) is 0.358. The average Bonchev–Trinajstić information content (AvgIpc) is 2.31. The number of rotatable bonds is 11. The maximum atomic E-state index is 8.64. The van der Waals surface area contributed by atoms with Crippen molar-refractivity contribution >= 4 is 23.5 Å². The minimum atomic E-state index is 0.358. The van der Waals surface area contributed by atoms with Crippen LogP contribution in [0.15, 0.2) is 10.3 Å². The Hall–Kier alpha value is 0.400. The van der Waals surface area contributed by atoms with Gasteiger partial charge in [-0.3, -0.25) is 0 Å². The number of hydrogen-bond acceptors (Lipinski definition) is 3. The van der Waals surface area contributed by atoms with E-state index in [0.717, 1.165) is 6.42 Å². The Labute approximate surface area is 109 Å². The first-order chi connectivity index (χ1) is 7.85. The molecule has 0 heterocycles. The van der Waals surface area contributed by atoms with E-state index in [9.17, 15) is 0 Å². The van der Waals surface area contributed by atoms with Crippen molar-refractivity contribution in [1.82, 2.24) is 0 Å². The molecule has 0 radical (unpaired) electrons. The standard InChI is InChI=1S/C13H26OS2/c1-15-12-13(16-2)10-8-6-4-3-5-7-9-11-14/h12,14H,3-11H2,1-2H3/b13-12-. The number of aliphatic hydroxyl groups excluding tert-OH is 1. The van der Waals surface area contributed by atoms with Crippen LogP contribution in [0.5, 0.6) is 0 Å². The fourth-order valence-electron chi connectivity index (χ4n) is 1.64. The largest absolute Gasteiger partial charge is 0.396 e. The highest BCUT2D eigenvalue weighted by Crippen LogP contribution is 2.22. The summed E-state index contributed by atoms with van der Waals surface area (Å²) in [5.41, 5.74) is 0. The number of aliphatic hydroxyl groups is 1. The molecule has 0 spiro atoms. The van der Waals surface area contributed by atoms with E-state index in [4.69, 9.17) is 5.11 Å². The molecule has 0 atom stereocenters. The number of unbranched alkanes of at least 4 members (excludes halogenated alkanes) is 6. The third-order valence-electron chi connectivity index (χ3n) is 2.59. The second kappa shape index (κ2) is 13.5. The van der Waals surface area contributed by atoms with Crippen LogP contribution in [-0.2, 0) is 0 Å². The minimum Gasteiger partial charge on any atom is -0.396 e. The third kappa shape index (κ3) is 10.9. The topological polar surface area (TPSA) is 20.2 Å². The highest BCUT2D eigenvalue weighted by molar-refractivity contribution is 8.05. The molecule has 0 aromatic heterocycles. The van der Waals surface area contributed by atoms with Gasteiger partial charge in [-0.15, -0.1) is 23.5 Å². The fraction of sp³-hybridized carbons (Fsp3) is 0.846. The molecule has 0 unspecified atom stereocenters. The molecule has 96 valence electrons. The predicted octanol–water partition coefficient (Wildman–Crippen LogP) is 4.67.